The maximum atomic E-state index is 14.3. The Balaban J connectivity index is 1.20. The predicted molar refractivity (Wildman–Crippen MR) is 236 cm³/mol. The van der Waals surface area contributed by atoms with Crippen LogP contribution in [-0.2, 0) is 9.59 Å². The van der Waals surface area contributed by atoms with Gasteiger partial charge in [0.2, 0.25) is 0 Å². The minimum absolute atomic E-state index is 0.0227. The molecule has 6 heteroatoms. The summed E-state index contributed by atoms with van der Waals surface area (Å²) in [5.74, 6) is 0.0454. The molecule has 4 rings (SSSR count). The van der Waals surface area contributed by atoms with Crippen LogP contribution in [-0.4, -0.2) is 34.7 Å². The van der Waals surface area contributed by atoms with Crippen LogP contribution in [0.25, 0.3) is 11.4 Å². The van der Waals surface area contributed by atoms with Gasteiger partial charge in [0.1, 0.15) is 0 Å². The van der Waals surface area contributed by atoms with Gasteiger partial charge in [-0.3, -0.25) is 9.59 Å². The fraction of sp³-hybridized carbons (Fsp3) is 0.708. The maximum Gasteiger partial charge on any atom is 0.261 e. The number of fused-ring (bicyclic) bond motifs is 1. The van der Waals surface area contributed by atoms with Crippen molar-refractivity contribution in [3.05, 3.63) is 55.9 Å². The summed E-state index contributed by atoms with van der Waals surface area (Å²) in [6.45, 7) is 5.94. The summed E-state index contributed by atoms with van der Waals surface area (Å²) >= 11 is 3.28. The van der Waals surface area contributed by atoms with Crippen molar-refractivity contribution in [3.63, 3.8) is 0 Å². The highest BCUT2D eigenvalue weighted by molar-refractivity contribution is 7.11. The number of hydrogen-bond donors (Lipinski definition) is 0. The zero-order chi connectivity index (χ0) is 38.1. The molecule has 0 spiro atoms. The van der Waals surface area contributed by atoms with Crippen LogP contribution in [0.5, 0.6) is 0 Å². The number of amides is 2. The number of thiophene rings is 2. The van der Waals surface area contributed by atoms with E-state index in [1.807, 2.05) is 21.9 Å². The average molecular weight is 777 g/mol. The van der Waals surface area contributed by atoms with Crippen molar-refractivity contribution in [2.45, 2.75) is 206 Å². The van der Waals surface area contributed by atoms with Crippen LogP contribution < -0.4 is 0 Å². The number of hydrogen-bond acceptors (Lipinski definition) is 4. The van der Waals surface area contributed by atoms with Gasteiger partial charge in [-0.2, -0.15) is 0 Å². The van der Waals surface area contributed by atoms with Crippen LogP contribution in [0.15, 0.2) is 46.2 Å². The zero-order valence-electron chi connectivity index (χ0n) is 34.6. The Bertz CT molecular complexity index is 1250. The summed E-state index contributed by atoms with van der Waals surface area (Å²) in [5, 5.41) is 4.13. The molecule has 0 saturated carbocycles. The second-order valence-corrected chi connectivity index (χ2v) is 18.1. The molecule has 0 radical (unpaired) electrons. The quantitative estimate of drug-likeness (QED) is 0.0664. The second kappa shape index (κ2) is 27.4. The maximum absolute atomic E-state index is 14.3. The van der Waals surface area contributed by atoms with Gasteiger partial charge in [-0.25, -0.2) is 0 Å². The van der Waals surface area contributed by atoms with Gasteiger partial charge in [-0.05, 0) is 35.7 Å². The SMILES string of the molecule is CCCCCCCCCCCCCCCCCN1C(=O)C2=C(c3cccs3)N(CCCCCCCCCCCCCCCCC)C(=O)C2=C1c1cccs1. The Hall–Kier alpha value is -2.18. The monoisotopic (exact) mass is 777 g/mol. The molecule has 0 aromatic carbocycles. The molecule has 0 saturated heterocycles. The van der Waals surface area contributed by atoms with Crippen molar-refractivity contribution in [3.8, 4) is 0 Å². The van der Waals surface area contributed by atoms with Gasteiger partial charge in [0.05, 0.1) is 32.3 Å². The summed E-state index contributed by atoms with van der Waals surface area (Å²) < 4.78 is 0. The topological polar surface area (TPSA) is 40.6 Å². The van der Waals surface area contributed by atoms with Crippen LogP contribution in [0.4, 0.5) is 0 Å². The standard InChI is InChI=1S/C48H76N2O2S2/c1-3-5-7-9-11-13-15-17-19-21-23-25-27-29-31-37-49-45(41-35-33-39-53-41)43-44(47(49)51)46(42-36-34-40-54-42)50(48(43)52)38-32-30-28-26-24-22-20-18-16-14-12-10-8-6-4-2/h33-36,39-40H,3-32,37-38H2,1-2H3. The van der Waals surface area contributed by atoms with E-state index in [4.69, 9.17) is 0 Å². The van der Waals surface area contributed by atoms with E-state index in [9.17, 15) is 9.59 Å². The second-order valence-electron chi connectivity index (χ2n) is 16.2. The van der Waals surface area contributed by atoms with Crippen molar-refractivity contribution in [1.82, 2.24) is 9.80 Å². The molecule has 0 N–H and O–H groups in total. The molecule has 4 heterocycles. The highest BCUT2D eigenvalue weighted by Crippen LogP contribution is 2.48. The van der Waals surface area contributed by atoms with Gasteiger partial charge in [-0.15, -0.1) is 22.7 Å². The summed E-state index contributed by atoms with van der Waals surface area (Å²) in [7, 11) is 0. The lowest BCUT2D eigenvalue weighted by molar-refractivity contribution is -0.124. The van der Waals surface area contributed by atoms with E-state index in [0.717, 1.165) is 46.8 Å². The molecule has 2 aliphatic heterocycles. The Kier molecular flexibility index (Phi) is 22.6. The highest BCUT2D eigenvalue weighted by Gasteiger charge is 2.48. The molecule has 54 heavy (non-hydrogen) atoms. The zero-order valence-corrected chi connectivity index (χ0v) is 36.3. The van der Waals surface area contributed by atoms with Crippen molar-refractivity contribution in [2.24, 2.45) is 0 Å². The normalized spacial score (nSPS) is 14.5. The van der Waals surface area contributed by atoms with Crippen LogP contribution in [0.1, 0.15) is 216 Å². The number of carbonyl (C=O) groups excluding carboxylic acids is 2. The Morgan fingerprint density at radius 2 is 0.648 bits per heavy atom. The molecule has 2 amide bonds. The number of nitrogens with zero attached hydrogens (tertiary/aromatic N) is 2. The molecule has 0 aliphatic carbocycles. The van der Waals surface area contributed by atoms with Gasteiger partial charge in [0, 0.05) is 13.1 Å². The largest absolute Gasteiger partial charge is 0.306 e. The van der Waals surface area contributed by atoms with Crippen molar-refractivity contribution < 1.29 is 9.59 Å². The average Bonchev–Trinajstić information content (AvgIpc) is 4.00. The molecule has 302 valence electrons. The van der Waals surface area contributed by atoms with Crippen LogP contribution in [0, 0.1) is 0 Å². The minimum Gasteiger partial charge on any atom is -0.306 e. The molecule has 0 fully saturated rings. The first-order valence-corrected chi connectivity index (χ1v) is 24.6. The third-order valence-corrected chi connectivity index (χ3v) is 13.4. The van der Waals surface area contributed by atoms with Gasteiger partial charge in [0.25, 0.3) is 11.8 Å². The molecule has 2 aliphatic rings. The van der Waals surface area contributed by atoms with E-state index in [-0.39, 0.29) is 11.8 Å². The lowest BCUT2D eigenvalue weighted by Gasteiger charge is -2.24. The van der Waals surface area contributed by atoms with E-state index in [1.165, 1.54) is 167 Å². The Morgan fingerprint density at radius 3 is 0.889 bits per heavy atom. The fourth-order valence-corrected chi connectivity index (χ4v) is 10.0. The first-order valence-electron chi connectivity index (χ1n) is 22.9. The van der Waals surface area contributed by atoms with Gasteiger partial charge < -0.3 is 9.80 Å². The van der Waals surface area contributed by atoms with E-state index in [1.54, 1.807) is 22.7 Å². The van der Waals surface area contributed by atoms with Crippen LogP contribution >= 0.6 is 22.7 Å². The minimum atomic E-state index is 0.0227. The summed E-state index contributed by atoms with van der Waals surface area (Å²) in [5.41, 5.74) is 3.00. The Morgan fingerprint density at radius 1 is 0.389 bits per heavy atom. The first kappa shape index (κ1) is 44.5. The third-order valence-electron chi connectivity index (χ3n) is 11.7. The van der Waals surface area contributed by atoms with Gasteiger partial charge >= 0.3 is 0 Å². The van der Waals surface area contributed by atoms with Gasteiger partial charge in [-0.1, -0.05) is 206 Å². The third kappa shape index (κ3) is 14.7. The molecule has 0 atom stereocenters. The molecular formula is C48H76N2O2S2. The molecule has 0 bridgehead atoms. The van der Waals surface area contributed by atoms with E-state index in [0.29, 0.717) is 24.2 Å². The molecule has 0 unspecified atom stereocenters. The molecule has 2 aromatic heterocycles. The number of unbranched alkanes of at least 4 members (excludes halogenated alkanes) is 28. The van der Waals surface area contributed by atoms with E-state index in [2.05, 4.69) is 36.7 Å². The summed E-state index contributed by atoms with van der Waals surface area (Å²) in [6.07, 6.45) is 39.7. The molecule has 2 aromatic rings. The number of carbonyl (C=O) groups is 2. The van der Waals surface area contributed by atoms with E-state index < -0.39 is 0 Å². The van der Waals surface area contributed by atoms with Gasteiger partial charge in [0.15, 0.2) is 0 Å². The lowest BCUT2D eigenvalue weighted by Crippen LogP contribution is -2.30. The first-order chi connectivity index (χ1) is 26.7. The van der Waals surface area contributed by atoms with Crippen LogP contribution in [0.2, 0.25) is 0 Å². The van der Waals surface area contributed by atoms with Crippen molar-refractivity contribution in [1.29, 1.82) is 0 Å². The van der Waals surface area contributed by atoms with Crippen molar-refractivity contribution in [2.75, 3.05) is 13.1 Å². The lowest BCUT2D eigenvalue weighted by atomic mass is 10.0. The summed E-state index contributed by atoms with van der Waals surface area (Å²) in [4.78, 5) is 34.6. The Labute approximate surface area is 339 Å². The highest BCUT2D eigenvalue weighted by atomic mass is 32.1. The smallest absolute Gasteiger partial charge is 0.261 e. The van der Waals surface area contributed by atoms with E-state index >= 15 is 0 Å². The summed E-state index contributed by atoms with van der Waals surface area (Å²) in [6, 6.07) is 8.24. The van der Waals surface area contributed by atoms with Crippen LogP contribution in [0.3, 0.4) is 0 Å². The molecular weight excluding hydrogens is 701 g/mol. The predicted octanol–water partition coefficient (Wildman–Crippen LogP) is 15.4. The molecule has 4 nitrogen and oxygen atoms in total. The van der Waals surface area contributed by atoms with Crippen molar-refractivity contribution >= 4 is 45.9 Å². The number of rotatable bonds is 34. The fourth-order valence-electron chi connectivity index (χ4n) is 8.44.